The smallest absolute Gasteiger partial charge is 0.343 e. The molecule has 0 aliphatic heterocycles. The van der Waals surface area contributed by atoms with Crippen molar-refractivity contribution in [2.24, 2.45) is 5.73 Å². The van der Waals surface area contributed by atoms with Crippen LogP contribution in [0.3, 0.4) is 0 Å². The second-order valence-electron chi connectivity index (χ2n) is 6.58. The third kappa shape index (κ3) is 5.51. The fourth-order valence-corrected chi connectivity index (χ4v) is 2.77. The molecular weight excluding hydrogens is 382 g/mol. The van der Waals surface area contributed by atoms with Crippen molar-refractivity contribution in [3.05, 3.63) is 77.9 Å². The summed E-state index contributed by atoms with van der Waals surface area (Å²) in [4.78, 5) is 11.4. The second-order valence-corrected chi connectivity index (χ2v) is 6.58. The van der Waals surface area contributed by atoms with Crippen molar-refractivity contribution in [2.75, 3.05) is 19.5 Å². The van der Waals surface area contributed by atoms with E-state index in [0.29, 0.717) is 22.7 Å². The first-order chi connectivity index (χ1) is 14.4. The number of nitrogen functional groups attached to an aromatic ring is 2. The molecule has 0 radical (unpaired) electrons. The molecule has 0 aliphatic rings. The Hall–Kier alpha value is -4.00. The molecule has 0 saturated heterocycles. The largest absolute Gasteiger partial charge is 0.489 e. The van der Waals surface area contributed by atoms with Crippen LogP contribution in [-0.2, 0) is 16.1 Å². The number of methoxy groups -OCH3 is 1. The maximum Gasteiger partial charge on any atom is 0.343 e. The number of nitrogens with one attached hydrogen (secondary N) is 1. The van der Waals surface area contributed by atoms with Crippen LogP contribution in [0, 0.1) is 5.41 Å². The van der Waals surface area contributed by atoms with E-state index >= 15 is 0 Å². The fraction of sp³-hybridized carbons (Fsp3) is 0.130. The Bertz CT molecular complexity index is 1030. The number of anilines is 1. The second kappa shape index (κ2) is 9.47. The maximum atomic E-state index is 11.4. The topological polar surface area (TPSA) is 121 Å². The van der Waals surface area contributed by atoms with Gasteiger partial charge in [0.2, 0.25) is 0 Å². The van der Waals surface area contributed by atoms with E-state index in [1.54, 1.807) is 24.3 Å². The molecule has 0 saturated carbocycles. The predicted molar refractivity (Wildman–Crippen MR) is 116 cm³/mol. The monoisotopic (exact) mass is 405 g/mol. The number of hydrogen-bond donors (Lipinski definition) is 3. The predicted octanol–water partition coefficient (Wildman–Crippen LogP) is 3.35. The van der Waals surface area contributed by atoms with Gasteiger partial charge < -0.3 is 25.7 Å². The highest BCUT2D eigenvalue weighted by Crippen LogP contribution is 2.28. The maximum absolute atomic E-state index is 11.4. The molecule has 5 N–H and O–H groups in total. The Balaban J connectivity index is 1.82. The number of rotatable bonds is 8. The minimum absolute atomic E-state index is 0.00476. The first-order valence-corrected chi connectivity index (χ1v) is 9.21. The summed E-state index contributed by atoms with van der Waals surface area (Å²) in [6, 6.07) is 20.1. The van der Waals surface area contributed by atoms with Crippen LogP contribution in [0.2, 0.25) is 0 Å². The molecule has 0 aromatic heterocycles. The van der Waals surface area contributed by atoms with Crippen molar-refractivity contribution in [1.29, 1.82) is 5.41 Å². The standard InChI is InChI=1S/C23H23N3O4/c1-28-22(27)14-30-21-11-15(10-18(12-21)16-2-6-19(24)7-3-16)13-29-20-8-4-17(5-9-20)23(25)26/h2-12H,13-14,24H2,1H3,(H3,25,26). The lowest BCUT2D eigenvalue weighted by molar-refractivity contribution is -0.142. The molecule has 0 fully saturated rings. The molecular formula is C23H23N3O4. The number of carbonyl (C=O) groups excluding carboxylic acids is 1. The van der Waals surface area contributed by atoms with E-state index in [0.717, 1.165) is 16.7 Å². The number of carbonyl (C=O) groups is 1. The molecule has 30 heavy (non-hydrogen) atoms. The van der Waals surface area contributed by atoms with Gasteiger partial charge in [0.15, 0.2) is 6.61 Å². The Morgan fingerprint density at radius 1 is 0.900 bits per heavy atom. The van der Waals surface area contributed by atoms with Crippen LogP contribution in [-0.4, -0.2) is 25.5 Å². The van der Waals surface area contributed by atoms with Gasteiger partial charge in [-0.2, -0.15) is 0 Å². The van der Waals surface area contributed by atoms with Crippen LogP contribution in [0.4, 0.5) is 5.69 Å². The van der Waals surface area contributed by atoms with Crippen molar-refractivity contribution in [2.45, 2.75) is 6.61 Å². The van der Waals surface area contributed by atoms with Crippen molar-refractivity contribution in [3.63, 3.8) is 0 Å². The molecule has 0 unspecified atom stereocenters. The SMILES string of the molecule is COC(=O)COc1cc(COc2ccc(C(=N)N)cc2)cc(-c2ccc(N)cc2)c1. The molecule has 7 heteroatoms. The Kier molecular flexibility index (Phi) is 6.54. The van der Waals surface area contributed by atoms with Crippen molar-refractivity contribution in [1.82, 2.24) is 0 Å². The molecule has 0 amide bonds. The highest BCUT2D eigenvalue weighted by Gasteiger charge is 2.08. The van der Waals surface area contributed by atoms with Crippen LogP contribution in [0.25, 0.3) is 11.1 Å². The summed E-state index contributed by atoms with van der Waals surface area (Å²) in [5.74, 6) is 0.719. The van der Waals surface area contributed by atoms with Gasteiger partial charge in [-0.25, -0.2) is 4.79 Å². The van der Waals surface area contributed by atoms with E-state index in [9.17, 15) is 4.79 Å². The molecule has 3 rings (SSSR count). The first-order valence-electron chi connectivity index (χ1n) is 9.21. The Morgan fingerprint density at radius 2 is 1.60 bits per heavy atom. The van der Waals surface area contributed by atoms with Gasteiger partial charge in [-0.15, -0.1) is 0 Å². The number of nitrogens with two attached hydrogens (primary N) is 2. The summed E-state index contributed by atoms with van der Waals surface area (Å²) in [7, 11) is 1.31. The van der Waals surface area contributed by atoms with E-state index < -0.39 is 5.97 Å². The van der Waals surface area contributed by atoms with E-state index in [1.807, 2.05) is 42.5 Å². The first kappa shape index (κ1) is 20.7. The molecule has 0 aliphatic carbocycles. The lowest BCUT2D eigenvalue weighted by Gasteiger charge is -2.13. The zero-order valence-electron chi connectivity index (χ0n) is 16.6. The van der Waals surface area contributed by atoms with Crippen LogP contribution < -0.4 is 20.9 Å². The number of benzene rings is 3. The molecule has 0 bridgehead atoms. The lowest BCUT2D eigenvalue weighted by atomic mass is 10.0. The van der Waals surface area contributed by atoms with Gasteiger partial charge in [0.05, 0.1) is 7.11 Å². The summed E-state index contributed by atoms with van der Waals surface area (Å²) in [5.41, 5.74) is 15.3. The van der Waals surface area contributed by atoms with Crippen LogP contribution >= 0.6 is 0 Å². The summed E-state index contributed by atoms with van der Waals surface area (Å²) < 4.78 is 16.1. The molecule has 3 aromatic carbocycles. The number of esters is 1. The third-order valence-electron chi connectivity index (χ3n) is 4.37. The zero-order valence-corrected chi connectivity index (χ0v) is 16.6. The quantitative estimate of drug-likeness (QED) is 0.229. The van der Waals surface area contributed by atoms with E-state index in [4.69, 9.17) is 26.4 Å². The Morgan fingerprint density at radius 3 is 2.23 bits per heavy atom. The molecule has 3 aromatic rings. The average Bonchev–Trinajstić information content (AvgIpc) is 2.76. The molecule has 0 atom stereocenters. The highest BCUT2D eigenvalue weighted by atomic mass is 16.6. The molecule has 0 heterocycles. The number of hydrogen-bond acceptors (Lipinski definition) is 6. The van der Waals surface area contributed by atoms with Crippen molar-refractivity contribution < 1.29 is 19.0 Å². The van der Waals surface area contributed by atoms with E-state index in [2.05, 4.69) is 4.74 Å². The summed E-state index contributed by atoms with van der Waals surface area (Å²) >= 11 is 0. The fourth-order valence-electron chi connectivity index (χ4n) is 2.77. The minimum Gasteiger partial charge on any atom is -0.489 e. The summed E-state index contributed by atoms with van der Waals surface area (Å²) in [6.45, 7) is 0.102. The average molecular weight is 405 g/mol. The number of ether oxygens (including phenoxy) is 3. The molecule has 154 valence electrons. The van der Waals surface area contributed by atoms with Gasteiger partial charge in [0, 0.05) is 11.3 Å². The number of amidine groups is 1. The summed E-state index contributed by atoms with van der Waals surface area (Å²) in [6.07, 6.45) is 0. The van der Waals surface area contributed by atoms with Gasteiger partial charge >= 0.3 is 5.97 Å². The normalized spacial score (nSPS) is 10.3. The molecule has 0 spiro atoms. The van der Waals surface area contributed by atoms with Gasteiger partial charge in [-0.3, -0.25) is 5.41 Å². The summed E-state index contributed by atoms with van der Waals surface area (Å²) in [5, 5.41) is 7.45. The van der Waals surface area contributed by atoms with Crippen LogP contribution in [0.5, 0.6) is 11.5 Å². The van der Waals surface area contributed by atoms with Crippen molar-refractivity contribution in [3.8, 4) is 22.6 Å². The highest BCUT2D eigenvalue weighted by molar-refractivity contribution is 5.94. The van der Waals surface area contributed by atoms with Gasteiger partial charge in [0.1, 0.15) is 23.9 Å². The van der Waals surface area contributed by atoms with Gasteiger partial charge in [-0.1, -0.05) is 12.1 Å². The Labute approximate surface area is 174 Å². The third-order valence-corrected chi connectivity index (χ3v) is 4.37. The van der Waals surface area contributed by atoms with Crippen LogP contribution in [0.1, 0.15) is 11.1 Å². The van der Waals surface area contributed by atoms with Crippen LogP contribution in [0.15, 0.2) is 66.7 Å². The van der Waals surface area contributed by atoms with Gasteiger partial charge in [0.25, 0.3) is 0 Å². The molecule has 7 nitrogen and oxygen atoms in total. The zero-order chi connectivity index (χ0) is 21.5. The van der Waals surface area contributed by atoms with E-state index in [-0.39, 0.29) is 19.0 Å². The van der Waals surface area contributed by atoms with E-state index in [1.165, 1.54) is 7.11 Å². The minimum atomic E-state index is -0.462. The lowest BCUT2D eigenvalue weighted by Crippen LogP contribution is -2.12. The van der Waals surface area contributed by atoms with Crippen molar-refractivity contribution >= 4 is 17.5 Å². The van der Waals surface area contributed by atoms with Gasteiger partial charge in [-0.05, 0) is 71.3 Å².